The summed E-state index contributed by atoms with van der Waals surface area (Å²) in [6.45, 7) is 3.61. The Morgan fingerprint density at radius 3 is 2.65 bits per heavy atom. The van der Waals surface area contributed by atoms with Crippen LogP contribution in [-0.4, -0.2) is 16.2 Å². The van der Waals surface area contributed by atoms with Crippen LogP contribution < -0.4 is 4.74 Å². The number of hydrogen-bond donors (Lipinski definition) is 0. The van der Waals surface area contributed by atoms with Crippen LogP contribution in [0.3, 0.4) is 0 Å². The molecule has 0 spiro atoms. The highest BCUT2D eigenvalue weighted by Crippen LogP contribution is 2.19. The maximum Gasteiger partial charge on any atom is 0.119 e. The lowest BCUT2D eigenvalue weighted by Crippen LogP contribution is -2.11. The van der Waals surface area contributed by atoms with Crippen molar-refractivity contribution in [1.29, 1.82) is 0 Å². The lowest BCUT2D eigenvalue weighted by molar-refractivity contribution is 0.298. The molecule has 3 rings (SSSR count). The third kappa shape index (κ3) is 3.85. The number of ether oxygens (including phenoxy) is 1. The lowest BCUT2D eigenvalue weighted by Gasteiger charge is -2.11. The Bertz CT molecular complexity index is 765. The van der Waals surface area contributed by atoms with Crippen LogP contribution in [0.1, 0.15) is 25.6 Å². The predicted molar refractivity (Wildman–Crippen MR) is 95.3 cm³/mol. The molecule has 0 unspecified atom stereocenters. The normalized spacial score (nSPS) is 11.0. The Morgan fingerprint density at radius 2 is 1.87 bits per heavy atom. The summed E-state index contributed by atoms with van der Waals surface area (Å²) in [5, 5.41) is 0.722. The van der Waals surface area contributed by atoms with E-state index in [2.05, 4.69) is 29.7 Å². The standard InChI is InChI=1S/C19H21ClN2O/c1-2-3-8-19-21-17-6-4-5-7-18(17)22(19)13-14-23-16-11-9-15(20)10-12-16/h4-7,9-12H,2-3,8,13-14H2,1H3. The first-order chi connectivity index (χ1) is 11.3. The van der Waals surface area contributed by atoms with Gasteiger partial charge >= 0.3 is 0 Å². The lowest BCUT2D eigenvalue weighted by atomic mass is 10.2. The Kier molecular flexibility index (Phi) is 5.19. The number of unbranched alkanes of at least 4 members (excludes halogenated alkanes) is 1. The van der Waals surface area contributed by atoms with E-state index in [0.717, 1.165) is 41.5 Å². The fraction of sp³-hybridized carbons (Fsp3) is 0.316. The number of rotatable bonds is 7. The van der Waals surface area contributed by atoms with Crippen LogP contribution in [0.25, 0.3) is 11.0 Å². The summed E-state index contributed by atoms with van der Waals surface area (Å²) >= 11 is 5.89. The molecule has 1 aromatic heterocycles. The van der Waals surface area contributed by atoms with Crippen molar-refractivity contribution in [3.63, 3.8) is 0 Å². The van der Waals surface area contributed by atoms with E-state index in [-0.39, 0.29) is 0 Å². The Balaban J connectivity index is 1.73. The van der Waals surface area contributed by atoms with Gasteiger partial charge in [-0.15, -0.1) is 0 Å². The third-order valence-corrected chi connectivity index (χ3v) is 4.14. The van der Waals surface area contributed by atoms with E-state index in [1.54, 1.807) is 0 Å². The van der Waals surface area contributed by atoms with Crippen molar-refractivity contribution >= 4 is 22.6 Å². The average Bonchev–Trinajstić information content (AvgIpc) is 2.93. The van der Waals surface area contributed by atoms with Gasteiger partial charge in [0, 0.05) is 11.4 Å². The van der Waals surface area contributed by atoms with Gasteiger partial charge in [0.25, 0.3) is 0 Å². The molecule has 2 aromatic carbocycles. The van der Waals surface area contributed by atoms with Crippen molar-refractivity contribution in [3.05, 3.63) is 59.4 Å². The molecule has 3 aromatic rings. The molecule has 0 saturated carbocycles. The molecule has 23 heavy (non-hydrogen) atoms. The minimum Gasteiger partial charge on any atom is -0.492 e. The number of para-hydroxylation sites is 2. The summed E-state index contributed by atoms with van der Waals surface area (Å²) in [6, 6.07) is 15.8. The van der Waals surface area contributed by atoms with Crippen LogP contribution in [0, 0.1) is 0 Å². The number of fused-ring (bicyclic) bond motifs is 1. The van der Waals surface area contributed by atoms with E-state index >= 15 is 0 Å². The average molecular weight is 329 g/mol. The van der Waals surface area contributed by atoms with Gasteiger partial charge in [-0.05, 0) is 42.8 Å². The van der Waals surface area contributed by atoms with Gasteiger partial charge in [0.1, 0.15) is 18.2 Å². The van der Waals surface area contributed by atoms with E-state index in [0.29, 0.717) is 6.61 Å². The van der Waals surface area contributed by atoms with Gasteiger partial charge in [-0.2, -0.15) is 0 Å². The van der Waals surface area contributed by atoms with Crippen LogP contribution in [0.15, 0.2) is 48.5 Å². The van der Waals surface area contributed by atoms with Gasteiger partial charge < -0.3 is 9.30 Å². The molecule has 120 valence electrons. The Morgan fingerprint density at radius 1 is 1.09 bits per heavy atom. The number of aryl methyl sites for hydroxylation is 1. The molecule has 0 atom stereocenters. The maximum atomic E-state index is 5.89. The zero-order chi connectivity index (χ0) is 16.1. The Hall–Kier alpha value is -2.00. The number of hydrogen-bond acceptors (Lipinski definition) is 2. The number of aromatic nitrogens is 2. The zero-order valence-electron chi connectivity index (χ0n) is 13.3. The molecular weight excluding hydrogens is 308 g/mol. The molecule has 0 radical (unpaired) electrons. The van der Waals surface area contributed by atoms with Gasteiger partial charge in [0.05, 0.1) is 17.6 Å². The van der Waals surface area contributed by atoms with Crippen molar-refractivity contribution in [3.8, 4) is 5.75 Å². The highest BCUT2D eigenvalue weighted by atomic mass is 35.5. The molecule has 3 nitrogen and oxygen atoms in total. The van der Waals surface area contributed by atoms with E-state index in [1.807, 2.05) is 30.3 Å². The first-order valence-corrected chi connectivity index (χ1v) is 8.48. The first-order valence-electron chi connectivity index (χ1n) is 8.10. The second-order valence-electron chi connectivity index (χ2n) is 5.57. The SMILES string of the molecule is CCCCc1nc2ccccc2n1CCOc1ccc(Cl)cc1. The van der Waals surface area contributed by atoms with Gasteiger partial charge in [-0.25, -0.2) is 4.98 Å². The molecule has 0 aliphatic carbocycles. The highest BCUT2D eigenvalue weighted by Gasteiger charge is 2.09. The summed E-state index contributed by atoms with van der Waals surface area (Å²) < 4.78 is 8.11. The van der Waals surface area contributed by atoms with Crippen LogP contribution in [0.2, 0.25) is 5.02 Å². The fourth-order valence-electron chi connectivity index (χ4n) is 2.69. The van der Waals surface area contributed by atoms with Gasteiger partial charge in [0.2, 0.25) is 0 Å². The van der Waals surface area contributed by atoms with E-state index < -0.39 is 0 Å². The molecule has 0 fully saturated rings. The van der Waals surface area contributed by atoms with Crippen molar-refractivity contribution in [1.82, 2.24) is 9.55 Å². The van der Waals surface area contributed by atoms with Crippen LogP contribution in [0.5, 0.6) is 5.75 Å². The van der Waals surface area contributed by atoms with Gasteiger partial charge in [0.15, 0.2) is 0 Å². The van der Waals surface area contributed by atoms with E-state index in [1.165, 1.54) is 11.9 Å². The summed E-state index contributed by atoms with van der Waals surface area (Å²) in [7, 11) is 0. The van der Waals surface area contributed by atoms with Crippen LogP contribution in [-0.2, 0) is 13.0 Å². The topological polar surface area (TPSA) is 27.1 Å². The molecule has 0 bridgehead atoms. The molecule has 0 aliphatic heterocycles. The molecule has 0 saturated heterocycles. The predicted octanol–water partition coefficient (Wildman–Crippen LogP) is 5.11. The molecule has 4 heteroatoms. The summed E-state index contributed by atoms with van der Waals surface area (Å²) in [4.78, 5) is 4.78. The second-order valence-corrected chi connectivity index (χ2v) is 6.01. The summed E-state index contributed by atoms with van der Waals surface area (Å²) in [5.41, 5.74) is 2.24. The van der Waals surface area contributed by atoms with Crippen molar-refractivity contribution < 1.29 is 4.74 Å². The highest BCUT2D eigenvalue weighted by molar-refractivity contribution is 6.30. The van der Waals surface area contributed by atoms with Crippen LogP contribution >= 0.6 is 11.6 Å². The van der Waals surface area contributed by atoms with Crippen LogP contribution in [0.4, 0.5) is 0 Å². The van der Waals surface area contributed by atoms with Gasteiger partial charge in [-0.3, -0.25) is 0 Å². The largest absolute Gasteiger partial charge is 0.492 e. The Labute approximate surface area is 141 Å². The van der Waals surface area contributed by atoms with E-state index in [9.17, 15) is 0 Å². The third-order valence-electron chi connectivity index (χ3n) is 3.88. The fourth-order valence-corrected chi connectivity index (χ4v) is 2.81. The number of halogens is 1. The summed E-state index contributed by atoms with van der Waals surface area (Å²) in [5.74, 6) is 1.99. The number of nitrogens with zero attached hydrogens (tertiary/aromatic N) is 2. The van der Waals surface area contributed by atoms with Crippen molar-refractivity contribution in [2.75, 3.05) is 6.61 Å². The van der Waals surface area contributed by atoms with E-state index in [4.69, 9.17) is 21.3 Å². The quantitative estimate of drug-likeness (QED) is 0.602. The first kappa shape index (κ1) is 15.9. The minimum absolute atomic E-state index is 0.612. The second kappa shape index (κ2) is 7.51. The maximum absolute atomic E-state index is 5.89. The number of benzene rings is 2. The molecule has 0 aliphatic rings. The molecule has 1 heterocycles. The smallest absolute Gasteiger partial charge is 0.119 e. The summed E-state index contributed by atoms with van der Waals surface area (Å²) in [6.07, 6.45) is 3.33. The van der Waals surface area contributed by atoms with Crippen molar-refractivity contribution in [2.45, 2.75) is 32.7 Å². The van der Waals surface area contributed by atoms with Gasteiger partial charge in [-0.1, -0.05) is 37.1 Å². The minimum atomic E-state index is 0.612. The zero-order valence-corrected chi connectivity index (χ0v) is 14.1. The number of imidazole rings is 1. The molecule has 0 amide bonds. The monoisotopic (exact) mass is 328 g/mol. The molecular formula is C19H21ClN2O. The molecule has 0 N–H and O–H groups in total. The van der Waals surface area contributed by atoms with Crippen molar-refractivity contribution in [2.24, 2.45) is 0 Å².